The van der Waals surface area contributed by atoms with Gasteiger partial charge < -0.3 is 26.6 Å². The maximum Gasteiger partial charge on any atom is 0.323 e. The molecular weight excluding hydrogens is 432 g/mol. The molecule has 1 aromatic heterocycles. The van der Waals surface area contributed by atoms with Crippen molar-refractivity contribution in [1.29, 1.82) is 0 Å². The van der Waals surface area contributed by atoms with E-state index >= 15 is 0 Å². The standard InChI is InChI=1S/C24H32N8O2/c1-16(27-23(33)22-21(25)17(2)28-24(34)29-22)18-5-4-6-19(13-18)20-14-26-32(15-20)12-11-31-9-7-30(3)8-10-31/h4-6,13-16H,2,7-12,25H2,1,3H3,(H,27,33)(H2,28,29,34)/t16-/m1/s1. The smallest absolute Gasteiger partial charge is 0.323 e. The van der Waals surface area contributed by atoms with Gasteiger partial charge >= 0.3 is 6.03 Å². The van der Waals surface area contributed by atoms with Crippen LogP contribution in [0.25, 0.3) is 11.1 Å². The van der Waals surface area contributed by atoms with E-state index in [4.69, 9.17) is 5.73 Å². The highest BCUT2D eigenvalue weighted by Gasteiger charge is 2.25. The minimum atomic E-state index is -0.538. The van der Waals surface area contributed by atoms with Gasteiger partial charge in [0.05, 0.1) is 30.2 Å². The molecule has 0 aliphatic carbocycles. The van der Waals surface area contributed by atoms with E-state index in [0.717, 1.165) is 56.0 Å². The Hall–Kier alpha value is -3.63. The predicted octanol–water partition coefficient (Wildman–Crippen LogP) is 0.972. The van der Waals surface area contributed by atoms with Crippen molar-refractivity contribution in [3.05, 3.63) is 65.9 Å². The number of urea groups is 1. The van der Waals surface area contributed by atoms with Gasteiger partial charge in [0.2, 0.25) is 0 Å². The molecule has 1 aromatic carbocycles. The van der Waals surface area contributed by atoms with Crippen molar-refractivity contribution in [1.82, 2.24) is 35.5 Å². The molecule has 180 valence electrons. The van der Waals surface area contributed by atoms with Gasteiger partial charge in [0.25, 0.3) is 5.91 Å². The highest BCUT2D eigenvalue weighted by molar-refractivity contribution is 6.00. The number of piperazine rings is 1. The molecule has 34 heavy (non-hydrogen) atoms. The highest BCUT2D eigenvalue weighted by atomic mass is 16.2. The number of benzene rings is 1. The van der Waals surface area contributed by atoms with Crippen LogP contribution >= 0.6 is 0 Å². The third-order valence-electron chi connectivity index (χ3n) is 6.27. The van der Waals surface area contributed by atoms with Crippen LogP contribution in [-0.2, 0) is 11.3 Å². The van der Waals surface area contributed by atoms with Crippen LogP contribution in [0.5, 0.6) is 0 Å². The SMILES string of the molecule is C=C1NC(=O)NC(C(=O)N[C@H](C)c2cccc(-c3cnn(CCN4CCN(C)CC4)c3)c2)=C1N. The number of hydrogen-bond acceptors (Lipinski definition) is 6. The van der Waals surface area contributed by atoms with E-state index in [1.54, 1.807) is 0 Å². The van der Waals surface area contributed by atoms with E-state index in [2.05, 4.69) is 50.7 Å². The van der Waals surface area contributed by atoms with Gasteiger partial charge in [-0.25, -0.2) is 4.79 Å². The van der Waals surface area contributed by atoms with E-state index < -0.39 is 11.9 Å². The largest absolute Gasteiger partial charge is 0.395 e. The maximum atomic E-state index is 12.7. The summed E-state index contributed by atoms with van der Waals surface area (Å²) in [5, 5.41) is 12.3. The Kier molecular flexibility index (Phi) is 6.99. The fourth-order valence-electron chi connectivity index (χ4n) is 4.04. The van der Waals surface area contributed by atoms with Gasteiger partial charge in [0, 0.05) is 44.5 Å². The van der Waals surface area contributed by atoms with Crippen LogP contribution in [0.4, 0.5) is 4.79 Å². The summed E-state index contributed by atoms with van der Waals surface area (Å²) in [6.07, 6.45) is 3.92. The number of carbonyl (C=O) groups excluding carboxylic acids is 2. The first-order chi connectivity index (χ1) is 16.3. The quantitative estimate of drug-likeness (QED) is 0.485. The van der Waals surface area contributed by atoms with Crippen molar-refractivity contribution >= 4 is 11.9 Å². The molecule has 10 heteroatoms. The summed E-state index contributed by atoms with van der Waals surface area (Å²) in [6, 6.07) is 7.12. The molecule has 0 radical (unpaired) electrons. The van der Waals surface area contributed by atoms with Gasteiger partial charge in [-0.05, 0) is 31.2 Å². The molecule has 1 fully saturated rings. The van der Waals surface area contributed by atoms with E-state index in [9.17, 15) is 9.59 Å². The van der Waals surface area contributed by atoms with Crippen LogP contribution in [0.1, 0.15) is 18.5 Å². The molecule has 2 aromatic rings. The Morgan fingerprint density at radius 1 is 1.21 bits per heavy atom. The average Bonchev–Trinajstić information content (AvgIpc) is 3.30. The van der Waals surface area contributed by atoms with Crippen molar-refractivity contribution in [2.45, 2.75) is 19.5 Å². The second kappa shape index (κ2) is 10.1. The van der Waals surface area contributed by atoms with Crippen LogP contribution in [0.15, 0.2) is 60.3 Å². The van der Waals surface area contributed by atoms with Crippen LogP contribution in [0, 0.1) is 0 Å². The van der Waals surface area contributed by atoms with Crippen LogP contribution in [0.2, 0.25) is 0 Å². The number of nitrogens with two attached hydrogens (primary N) is 1. The van der Waals surface area contributed by atoms with Gasteiger partial charge in [0.1, 0.15) is 5.70 Å². The van der Waals surface area contributed by atoms with E-state index in [0.29, 0.717) is 0 Å². The van der Waals surface area contributed by atoms with E-state index in [-0.39, 0.29) is 23.1 Å². The number of nitrogens with zero attached hydrogens (tertiary/aromatic N) is 4. The minimum absolute atomic E-state index is 0.00150. The lowest BCUT2D eigenvalue weighted by molar-refractivity contribution is -0.118. The second-order valence-electron chi connectivity index (χ2n) is 8.80. The lowest BCUT2D eigenvalue weighted by Crippen LogP contribution is -2.47. The normalized spacial score (nSPS) is 18.4. The minimum Gasteiger partial charge on any atom is -0.395 e. The van der Waals surface area contributed by atoms with Crippen LogP contribution in [0.3, 0.4) is 0 Å². The first-order valence-corrected chi connectivity index (χ1v) is 11.4. The zero-order valence-corrected chi connectivity index (χ0v) is 19.7. The molecule has 5 N–H and O–H groups in total. The van der Waals surface area contributed by atoms with Crippen molar-refractivity contribution in [2.24, 2.45) is 5.73 Å². The number of aromatic nitrogens is 2. The molecule has 1 atom stereocenters. The van der Waals surface area contributed by atoms with Gasteiger partial charge in [-0.15, -0.1) is 0 Å². The number of amides is 3. The maximum absolute atomic E-state index is 12.7. The zero-order chi connectivity index (χ0) is 24.2. The topological polar surface area (TPSA) is 121 Å². The molecule has 3 heterocycles. The van der Waals surface area contributed by atoms with Gasteiger partial charge in [-0.2, -0.15) is 5.10 Å². The van der Waals surface area contributed by atoms with E-state index in [1.807, 2.05) is 42.1 Å². The molecule has 2 aliphatic rings. The highest BCUT2D eigenvalue weighted by Crippen LogP contribution is 2.23. The Labute approximate surface area is 199 Å². The number of carbonyl (C=O) groups is 2. The van der Waals surface area contributed by atoms with Crippen LogP contribution in [-0.4, -0.2) is 71.3 Å². The Balaban J connectivity index is 1.39. The first kappa shape index (κ1) is 23.5. The number of rotatable bonds is 7. The van der Waals surface area contributed by atoms with E-state index in [1.165, 1.54) is 0 Å². The first-order valence-electron chi connectivity index (χ1n) is 11.4. The molecule has 1 saturated heterocycles. The summed E-state index contributed by atoms with van der Waals surface area (Å²) in [7, 11) is 2.16. The van der Waals surface area contributed by atoms with Crippen molar-refractivity contribution in [3.8, 4) is 11.1 Å². The van der Waals surface area contributed by atoms with Crippen molar-refractivity contribution in [3.63, 3.8) is 0 Å². The summed E-state index contributed by atoms with van der Waals surface area (Å²) >= 11 is 0. The second-order valence-corrected chi connectivity index (χ2v) is 8.80. The van der Waals surface area contributed by atoms with Crippen molar-refractivity contribution in [2.75, 3.05) is 39.8 Å². The molecule has 4 rings (SSSR count). The molecule has 10 nitrogen and oxygen atoms in total. The Morgan fingerprint density at radius 2 is 1.97 bits per heavy atom. The molecule has 0 saturated carbocycles. The third-order valence-corrected chi connectivity index (χ3v) is 6.27. The summed E-state index contributed by atoms with van der Waals surface area (Å²) in [6.45, 7) is 11.8. The number of nitrogens with one attached hydrogen (secondary N) is 3. The van der Waals surface area contributed by atoms with Crippen molar-refractivity contribution < 1.29 is 9.59 Å². The van der Waals surface area contributed by atoms with Crippen LogP contribution < -0.4 is 21.7 Å². The fourth-order valence-corrected chi connectivity index (χ4v) is 4.04. The van der Waals surface area contributed by atoms with Gasteiger partial charge in [0.15, 0.2) is 0 Å². The molecular formula is C24H32N8O2. The predicted molar refractivity (Wildman–Crippen MR) is 130 cm³/mol. The molecule has 0 spiro atoms. The molecule has 0 bridgehead atoms. The summed E-state index contributed by atoms with van der Waals surface area (Å²) in [5.41, 5.74) is 9.19. The zero-order valence-electron chi connectivity index (χ0n) is 19.7. The average molecular weight is 465 g/mol. The Morgan fingerprint density at radius 3 is 2.74 bits per heavy atom. The Bertz CT molecular complexity index is 1110. The van der Waals surface area contributed by atoms with Gasteiger partial charge in [-0.1, -0.05) is 24.8 Å². The fraction of sp³-hybridized carbons (Fsp3) is 0.375. The summed E-state index contributed by atoms with van der Waals surface area (Å²) < 4.78 is 1.98. The lowest BCUT2D eigenvalue weighted by Gasteiger charge is -2.32. The molecule has 3 amide bonds. The van der Waals surface area contributed by atoms with Gasteiger partial charge in [-0.3, -0.25) is 14.4 Å². The lowest BCUT2D eigenvalue weighted by atomic mass is 10.0. The monoisotopic (exact) mass is 464 g/mol. The summed E-state index contributed by atoms with van der Waals surface area (Å²) in [4.78, 5) is 29.2. The molecule has 2 aliphatic heterocycles. The number of hydrogen-bond donors (Lipinski definition) is 4. The third kappa shape index (κ3) is 5.46. The molecule has 0 unspecified atom stereocenters. The number of likely N-dealkylation sites (N-methyl/N-ethyl adjacent to an activating group) is 1. The summed E-state index contributed by atoms with van der Waals surface area (Å²) in [5.74, 6) is -0.469.